The SMILES string of the molecule is CCc1ccc2c(c1)c(C)c(CCC(=O)O)c(=O)n2C. The van der Waals surface area contributed by atoms with Crippen molar-refractivity contribution in [3.05, 3.63) is 45.2 Å². The summed E-state index contributed by atoms with van der Waals surface area (Å²) in [6.45, 7) is 3.99. The zero-order valence-electron chi connectivity index (χ0n) is 12.1. The van der Waals surface area contributed by atoms with E-state index in [1.807, 2.05) is 19.1 Å². The molecule has 0 radical (unpaired) electrons. The molecule has 0 bridgehead atoms. The lowest BCUT2D eigenvalue weighted by Gasteiger charge is -2.13. The van der Waals surface area contributed by atoms with Crippen molar-refractivity contribution in [2.24, 2.45) is 7.05 Å². The largest absolute Gasteiger partial charge is 0.481 e. The lowest BCUT2D eigenvalue weighted by atomic mass is 9.98. The molecule has 0 saturated carbocycles. The molecule has 1 aromatic heterocycles. The molecule has 20 heavy (non-hydrogen) atoms. The highest BCUT2D eigenvalue weighted by Gasteiger charge is 2.13. The van der Waals surface area contributed by atoms with Crippen LogP contribution in [0.5, 0.6) is 0 Å². The topological polar surface area (TPSA) is 59.3 Å². The highest BCUT2D eigenvalue weighted by Crippen LogP contribution is 2.21. The molecule has 4 nitrogen and oxygen atoms in total. The van der Waals surface area contributed by atoms with E-state index in [9.17, 15) is 9.59 Å². The quantitative estimate of drug-likeness (QED) is 0.930. The van der Waals surface area contributed by atoms with E-state index in [4.69, 9.17) is 5.11 Å². The number of hydrogen-bond acceptors (Lipinski definition) is 2. The van der Waals surface area contributed by atoms with Gasteiger partial charge in [-0.15, -0.1) is 0 Å². The summed E-state index contributed by atoms with van der Waals surface area (Å²) in [4.78, 5) is 23.1. The molecule has 1 heterocycles. The third-order valence-electron chi connectivity index (χ3n) is 3.84. The van der Waals surface area contributed by atoms with Crippen LogP contribution in [0.25, 0.3) is 10.9 Å². The van der Waals surface area contributed by atoms with Crippen molar-refractivity contribution in [2.45, 2.75) is 33.1 Å². The second kappa shape index (κ2) is 5.49. The molecule has 0 unspecified atom stereocenters. The molecular weight excluding hydrogens is 254 g/mol. The highest BCUT2D eigenvalue weighted by atomic mass is 16.4. The van der Waals surface area contributed by atoms with E-state index in [-0.39, 0.29) is 18.4 Å². The Morgan fingerprint density at radius 3 is 2.65 bits per heavy atom. The van der Waals surface area contributed by atoms with Crippen LogP contribution < -0.4 is 5.56 Å². The maximum atomic E-state index is 12.3. The Balaban J connectivity index is 2.69. The van der Waals surface area contributed by atoms with Gasteiger partial charge >= 0.3 is 5.97 Å². The summed E-state index contributed by atoms with van der Waals surface area (Å²) in [5.41, 5.74) is 3.52. The van der Waals surface area contributed by atoms with Crippen molar-refractivity contribution in [2.75, 3.05) is 0 Å². The van der Waals surface area contributed by atoms with Gasteiger partial charge in [0.25, 0.3) is 5.56 Å². The third kappa shape index (κ3) is 2.46. The van der Waals surface area contributed by atoms with Crippen LogP contribution in [0.15, 0.2) is 23.0 Å². The van der Waals surface area contributed by atoms with Gasteiger partial charge in [-0.25, -0.2) is 0 Å². The fourth-order valence-electron chi connectivity index (χ4n) is 2.56. The molecule has 0 aliphatic carbocycles. The molecule has 0 fully saturated rings. The first kappa shape index (κ1) is 14.3. The minimum atomic E-state index is -0.881. The van der Waals surface area contributed by atoms with Crippen LogP contribution >= 0.6 is 0 Å². The number of benzene rings is 1. The van der Waals surface area contributed by atoms with E-state index in [0.717, 1.165) is 22.9 Å². The summed E-state index contributed by atoms with van der Waals surface area (Å²) in [5, 5.41) is 9.85. The number of aromatic nitrogens is 1. The number of nitrogens with zero attached hydrogens (tertiary/aromatic N) is 1. The average Bonchev–Trinajstić information content (AvgIpc) is 2.44. The van der Waals surface area contributed by atoms with Gasteiger partial charge in [0.1, 0.15) is 0 Å². The van der Waals surface area contributed by atoms with Crippen LogP contribution in [0, 0.1) is 6.92 Å². The van der Waals surface area contributed by atoms with Gasteiger partial charge in [0.2, 0.25) is 0 Å². The minimum Gasteiger partial charge on any atom is -0.481 e. The normalized spacial score (nSPS) is 10.9. The lowest BCUT2D eigenvalue weighted by molar-refractivity contribution is -0.136. The van der Waals surface area contributed by atoms with Crippen LogP contribution in [0.3, 0.4) is 0 Å². The van der Waals surface area contributed by atoms with Crippen molar-refractivity contribution >= 4 is 16.9 Å². The second-order valence-corrected chi connectivity index (χ2v) is 5.07. The van der Waals surface area contributed by atoms with Crippen molar-refractivity contribution < 1.29 is 9.90 Å². The number of rotatable bonds is 4. The Morgan fingerprint density at radius 2 is 2.05 bits per heavy atom. The van der Waals surface area contributed by atoms with Crippen LogP contribution in [-0.2, 0) is 24.7 Å². The Hall–Kier alpha value is -2.10. The molecule has 1 N–H and O–H groups in total. The van der Waals surface area contributed by atoms with Gasteiger partial charge in [-0.05, 0) is 43.0 Å². The van der Waals surface area contributed by atoms with Crippen molar-refractivity contribution in [3.63, 3.8) is 0 Å². The van der Waals surface area contributed by atoms with Gasteiger partial charge in [0.15, 0.2) is 0 Å². The molecule has 0 amide bonds. The number of hydrogen-bond donors (Lipinski definition) is 1. The Kier molecular flexibility index (Phi) is 3.93. The van der Waals surface area contributed by atoms with Gasteiger partial charge in [0, 0.05) is 24.4 Å². The number of carbonyl (C=O) groups is 1. The standard InChI is InChI=1S/C16H19NO3/c1-4-11-5-7-14-13(9-11)10(2)12(6-8-15(18)19)16(20)17(14)3/h5,7,9H,4,6,8H2,1-3H3,(H,18,19). The molecule has 0 aliphatic heterocycles. The van der Waals surface area contributed by atoms with Gasteiger partial charge < -0.3 is 9.67 Å². The second-order valence-electron chi connectivity index (χ2n) is 5.07. The number of carboxylic acid groups (broad SMARTS) is 1. The summed E-state index contributed by atoms with van der Waals surface area (Å²) in [6, 6.07) is 6.08. The number of aliphatic carboxylic acids is 1. The lowest BCUT2D eigenvalue weighted by Crippen LogP contribution is -2.23. The monoisotopic (exact) mass is 273 g/mol. The van der Waals surface area contributed by atoms with E-state index >= 15 is 0 Å². The van der Waals surface area contributed by atoms with Crippen LogP contribution in [0.4, 0.5) is 0 Å². The molecule has 0 spiro atoms. The fourth-order valence-corrected chi connectivity index (χ4v) is 2.56. The minimum absolute atomic E-state index is 0.0188. The van der Waals surface area contributed by atoms with E-state index < -0.39 is 5.97 Å². The van der Waals surface area contributed by atoms with Crippen LogP contribution in [0.2, 0.25) is 0 Å². The van der Waals surface area contributed by atoms with Gasteiger partial charge in [-0.2, -0.15) is 0 Å². The highest BCUT2D eigenvalue weighted by molar-refractivity contribution is 5.84. The zero-order valence-corrected chi connectivity index (χ0v) is 12.1. The number of aryl methyl sites for hydroxylation is 3. The van der Waals surface area contributed by atoms with Crippen LogP contribution in [0.1, 0.15) is 30.0 Å². The maximum absolute atomic E-state index is 12.3. The fraction of sp³-hybridized carbons (Fsp3) is 0.375. The van der Waals surface area contributed by atoms with Crippen molar-refractivity contribution in [1.82, 2.24) is 4.57 Å². The summed E-state index contributed by atoms with van der Waals surface area (Å²) in [7, 11) is 1.74. The molecular formula is C16H19NO3. The summed E-state index contributed by atoms with van der Waals surface area (Å²) in [6.07, 6.45) is 1.19. The Bertz CT molecular complexity index is 729. The molecule has 4 heteroatoms. The molecule has 0 aliphatic rings. The molecule has 2 aromatic rings. The molecule has 1 aromatic carbocycles. The predicted octanol–water partition coefficient (Wildman–Crippen LogP) is 2.43. The van der Waals surface area contributed by atoms with Gasteiger partial charge in [-0.3, -0.25) is 9.59 Å². The van der Waals surface area contributed by atoms with Crippen LogP contribution in [-0.4, -0.2) is 15.6 Å². The predicted molar refractivity (Wildman–Crippen MR) is 79.3 cm³/mol. The number of pyridine rings is 1. The molecule has 2 rings (SSSR count). The zero-order chi connectivity index (χ0) is 14.9. The van der Waals surface area contributed by atoms with E-state index in [2.05, 4.69) is 13.0 Å². The summed E-state index contributed by atoms with van der Waals surface area (Å²) >= 11 is 0. The third-order valence-corrected chi connectivity index (χ3v) is 3.84. The van der Waals surface area contributed by atoms with Crippen molar-refractivity contribution in [1.29, 1.82) is 0 Å². The van der Waals surface area contributed by atoms with E-state index in [0.29, 0.717) is 5.56 Å². The smallest absolute Gasteiger partial charge is 0.303 e. The Labute approximate surface area is 117 Å². The van der Waals surface area contributed by atoms with Gasteiger partial charge in [-0.1, -0.05) is 13.0 Å². The number of carboxylic acids is 1. The first-order valence-corrected chi connectivity index (χ1v) is 6.78. The molecule has 106 valence electrons. The molecule has 0 atom stereocenters. The summed E-state index contributed by atoms with van der Waals surface area (Å²) in [5.74, 6) is -0.881. The first-order chi connectivity index (χ1) is 9.45. The van der Waals surface area contributed by atoms with Crippen molar-refractivity contribution in [3.8, 4) is 0 Å². The first-order valence-electron chi connectivity index (χ1n) is 6.78. The average molecular weight is 273 g/mol. The summed E-state index contributed by atoms with van der Waals surface area (Å²) < 4.78 is 1.61. The maximum Gasteiger partial charge on any atom is 0.303 e. The van der Waals surface area contributed by atoms with E-state index in [1.165, 1.54) is 5.56 Å². The van der Waals surface area contributed by atoms with Gasteiger partial charge in [0.05, 0.1) is 5.52 Å². The molecule has 0 saturated heterocycles. The Morgan fingerprint density at radius 1 is 1.35 bits per heavy atom. The number of fused-ring (bicyclic) bond motifs is 1. The van der Waals surface area contributed by atoms with E-state index in [1.54, 1.807) is 11.6 Å².